The van der Waals surface area contributed by atoms with Crippen LogP contribution in [0.4, 0.5) is 0 Å². The lowest BCUT2D eigenvalue weighted by Gasteiger charge is -2.39. The molecule has 0 aromatic heterocycles. The minimum atomic E-state index is -0.400. The highest BCUT2D eigenvalue weighted by molar-refractivity contribution is 6.04. The summed E-state index contributed by atoms with van der Waals surface area (Å²) in [6, 6.07) is 7.99. The summed E-state index contributed by atoms with van der Waals surface area (Å²) < 4.78 is 11.3. The Morgan fingerprint density at radius 2 is 2.00 bits per heavy atom. The molecule has 30 heavy (non-hydrogen) atoms. The fraction of sp³-hybridized carbons (Fsp3) is 0.520. The molecule has 160 valence electrons. The first-order valence-corrected chi connectivity index (χ1v) is 10.8. The van der Waals surface area contributed by atoms with Crippen molar-refractivity contribution in [3.8, 4) is 0 Å². The Morgan fingerprint density at radius 1 is 1.23 bits per heavy atom. The Balaban J connectivity index is 1.73. The van der Waals surface area contributed by atoms with Crippen LogP contribution in [-0.2, 0) is 19.1 Å². The average Bonchev–Trinajstić information content (AvgIpc) is 3.18. The second-order valence-corrected chi connectivity index (χ2v) is 9.52. The number of ketones is 1. The lowest BCUT2D eigenvalue weighted by atomic mass is 9.68. The van der Waals surface area contributed by atoms with E-state index in [4.69, 9.17) is 9.47 Å². The van der Waals surface area contributed by atoms with E-state index in [1.807, 2.05) is 38.1 Å². The maximum Gasteiger partial charge on any atom is 0.336 e. The van der Waals surface area contributed by atoms with Gasteiger partial charge in [0.05, 0.1) is 11.7 Å². The van der Waals surface area contributed by atoms with Crippen LogP contribution in [0.25, 0.3) is 0 Å². The molecule has 3 aliphatic rings. The molecule has 5 heteroatoms. The van der Waals surface area contributed by atoms with Crippen LogP contribution in [0, 0.1) is 12.3 Å². The highest BCUT2D eigenvalue weighted by Gasteiger charge is 2.43. The summed E-state index contributed by atoms with van der Waals surface area (Å²) in [5.74, 6) is -0.657. The Bertz CT molecular complexity index is 934. The highest BCUT2D eigenvalue weighted by atomic mass is 16.6. The molecule has 2 aliphatic heterocycles. The number of carbonyl (C=O) groups is 2. The second kappa shape index (κ2) is 8.03. The summed E-state index contributed by atoms with van der Waals surface area (Å²) in [5, 5.41) is 3.39. The Kier molecular flexibility index (Phi) is 5.58. The van der Waals surface area contributed by atoms with Gasteiger partial charge < -0.3 is 14.8 Å². The first-order valence-electron chi connectivity index (χ1n) is 10.8. The van der Waals surface area contributed by atoms with E-state index in [1.54, 1.807) is 0 Å². The molecule has 0 radical (unpaired) electrons. The molecular formula is C25H31NO4. The summed E-state index contributed by atoms with van der Waals surface area (Å²) in [6.45, 7) is 9.14. The summed E-state index contributed by atoms with van der Waals surface area (Å²) in [5.41, 5.74) is 4.92. The van der Waals surface area contributed by atoms with Gasteiger partial charge in [-0.1, -0.05) is 38.1 Å². The molecule has 0 bridgehead atoms. The van der Waals surface area contributed by atoms with Gasteiger partial charge in [0.15, 0.2) is 5.78 Å². The van der Waals surface area contributed by atoms with Crippen LogP contribution in [0.1, 0.15) is 63.5 Å². The molecule has 5 nitrogen and oxygen atoms in total. The van der Waals surface area contributed by atoms with Crippen LogP contribution in [0.15, 0.2) is 46.8 Å². The van der Waals surface area contributed by atoms with Crippen molar-refractivity contribution in [3.05, 3.63) is 57.9 Å². The monoisotopic (exact) mass is 409 g/mol. The molecular weight excluding hydrogens is 378 g/mol. The third-order valence-corrected chi connectivity index (χ3v) is 6.38. The van der Waals surface area contributed by atoms with Crippen LogP contribution in [0.3, 0.4) is 0 Å². The van der Waals surface area contributed by atoms with Crippen molar-refractivity contribution in [2.24, 2.45) is 5.41 Å². The maximum atomic E-state index is 13.3. The average molecular weight is 410 g/mol. The zero-order valence-corrected chi connectivity index (χ0v) is 18.3. The molecule has 4 rings (SSSR count). The van der Waals surface area contributed by atoms with Gasteiger partial charge in [0.25, 0.3) is 0 Å². The summed E-state index contributed by atoms with van der Waals surface area (Å²) in [4.78, 5) is 26.5. The summed E-state index contributed by atoms with van der Waals surface area (Å²) in [6.07, 6.45) is 3.14. The number of nitrogens with one attached hydrogen (secondary N) is 1. The molecule has 0 amide bonds. The summed E-state index contributed by atoms with van der Waals surface area (Å²) in [7, 11) is 0. The molecule has 0 unspecified atom stereocenters. The number of Topliss-reactive ketones (excluding diaryl/α,β-unsaturated/α-hetero) is 1. The molecule has 1 aromatic carbocycles. The number of rotatable bonds is 4. The Labute approximate surface area is 178 Å². The zero-order chi connectivity index (χ0) is 21.5. The number of allylic oxidation sites excluding steroid dienone is 3. The minimum absolute atomic E-state index is 0.0322. The van der Waals surface area contributed by atoms with Gasteiger partial charge in [0.2, 0.25) is 0 Å². The van der Waals surface area contributed by atoms with E-state index in [9.17, 15) is 9.59 Å². The van der Waals surface area contributed by atoms with E-state index >= 15 is 0 Å². The van der Waals surface area contributed by atoms with Crippen molar-refractivity contribution in [2.75, 3.05) is 13.2 Å². The fourth-order valence-corrected chi connectivity index (χ4v) is 4.95. The van der Waals surface area contributed by atoms with E-state index in [2.05, 4.69) is 19.2 Å². The predicted molar refractivity (Wildman–Crippen MR) is 115 cm³/mol. The van der Waals surface area contributed by atoms with Crippen molar-refractivity contribution in [1.82, 2.24) is 5.32 Å². The third kappa shape index (κ3) is 3.95. The van der Waals surface area contributed by atoms with E-state index in [0.717, 1.165) is 54.0 Å². The van der Waals surface area contributed by atoms with Gasteiger partial charge in [-0.25, -0.2) is 4.79 Å². The van der Waals surface area contributed by atoms with Crippen molar-refractivity contribution >= 4 is 11.8 Å². The van der Waals surface area contributed by atoms with Crippen molar-refractivity contribution < 1.29 is 19.1 Å². The van der Waals surface area contributed by atoms with Gasteiger partial charge in [-0.3, -0.25) is 4.79 Å². The fourth-order valence-electron chi connectivity index (χ4n) is 4.95. The van der Waals surface area contributed by atoms with Gasteiger partial charge >= 0.3 is 5.97 Å². The smallest absolute Gasteiger partial charge is 0.336 e. The van der Waals surface area contributed by atoms with E-state index in [1.165, 1.54) is 0 Å². The lowest BCUT2D eigenvalue weighted by Crippen LogP contribution is -2.39. The number of ether oxygens (including phenoxy) is 2. The number of hydrogen-bond acceptors (Lipinski definition) is 5. The molecule has 1 saturated heterocycles. The summed E-state index contributed by atoms with van der Waals surface area (Å²) >= 11 is 0. The molecule has 0 spiro atoms. The van der Waals surface area contributed by atoms with Crippen molar-refractivity contribution in [1.29, 1.82) is 0 Å². The Hall–Kier alpha value is -2.40. The zero-order valence-electron chi connectivity index (χ0n) is 18.3. The number of esters is 1. The third-order valence-electron chi connectivity index (χ3n) is 6.38. The van der Waals surface area contributed by atoms with Gasteiger partial charge in [0.1, 0.15) is 6.61 Å². The van der Waals surface area contributed by atoms with Crippen LogP contribution >= 0.6 is 0 Å². The first kappa shape index (κ1) is 20.9. The molecule has 1 aromatic rings. The highest BCUT2D eigenvalue weighted by Crippen LogP contribution is 2.47. The largest absolute Gasteiger partial charge is 0.459 e. The van der Waals surface area contributed by atoms with Crippen LogP contribution in [-0.4, -0.2) is 31.1 Å². The Morgan fingerprint density at radius 3 is 2.70 bits per heavy atom. The quantitative estimate of drug-likeness (QED) is 0.750. The first-order chi connectivity index (χ1) is 14.3. The molecule has 1 aliphatic carbocycles. The van der Waals surface area contributed by atoms with Gasteiger partial charge in [-0.2, -0.15) is 0 Å². The lowest BCUT2D eigenvalue weighted by molar-refractivity contribution is -0.142. The molecule has 1 fully saturated rings. The minimum Gasteiger partial charge on any atom is -0.459 e. The second-order valence-electron chi connectivity index (χ2n) is 9.52. The number of benzene rings is 1. The number of dihydropyridines is 1. The standard InChI is InChI=1S/C25H31NO4/c1-15-8-5-6-10-18(15)22-21(24(28)30-14-17-9-7-11-29-17)16(2)26-19-12-25(3,4)13-20(27)23(19)22/h5-6,8,10,17,22,26H,7,9,11-14H2,1-4H3/t17-,22-/m0/s1. The molecule has 0 saturated carbocycles. The molecule has 2 atom stereocenters. The molecule has 2 heterocycles. The van der Waals surface area contributed by atoms with E-state index < -0.39 is 5.92 Å². The van der Waals surface area contributed by atoms with E-state index in [0.29, 0.717) is 12.0 Å². The van der Waals surface area contributed by atoms with Gasteiger partial charge in [0, 0.05) is 35.9 Å². The normalized spacial score (nSPS) is 25.8. The van der Waals surface area contributed by atoms with Gasteiger partial charge in [-0.15, -0.1) is 0 Å². The van der Waals surface area contributed by atoms with Crippen LogP contribution in [0.2, 0.25) is 0 Å². The predicted octanol–water partition coefficient (Wildman–Crippen LogP) is 4.32. The maximum absolute atomic E-state index is 13.3. The topological polar surface area (TPSA) is 64.6 Å². The van der Waals surface area contributed by atoms with Crippen molar-refractivity contribution in [2.45, 2.75) is 65.4 Å². The number of aryl methyl sites for hydroxylation is 1. The van der Waals surface area contributed by atoms with Crippen molar-refractivity contribution in [3.63, 3.8) is 0 Å². The number of carbonyl (C=O) groups excluding carboxylic acids is 2. The van der Waals surface area contributed by atoms with Crippen LogP contribution < -0.4 is 5.32 Å². The number of hydrogen-bond donors (Lipinski definition) is 1. The van der Waals surface area contributed by atoms with Crippen LogP contribution in [0.5, 0.6) is 0 Å². The van der Waals surface area contributed by atoms with Gasteiger partial charge in [-0.05, 0) is 49.7 Å². The van der Waals surface area contributed by atoms with E-state index in [-0.39, 0.29) is 29.9 Å². The SMILES string of the molecule is CC1=C(C(=O)OC[C@@H]2CCCO2)[C@H](c2ccccc2C)C2=C(CC(C)(C)CC2=O)N1. The molecule has 1 N–H and O–H groups in total.